The largest absolute Gasteiger partial charge is 0.468 e. The number of esters is 1. The fourth-order valence-corrected chi connectivity index (χ4v) is 1.76. The highest BCUT2D eigenvalue weighted by atomic mass is 16.5. The van der Waals surface area contributed by atoms with E-state index in [0.29, 0.717) is 6.54 Å². The number of nitrogens with one attached hydrogen (secondary N) is 1. The van der Waals surface area contributed by atoms with Gasteiger partial charge >= 0.3 is 5.97 Å². The number of carbonyl (C=O) groups excluding carboxylic acids is 2. The van der Waals surface area contributed by atoms with Gasteiger partial charge in [0.25, 0.3) is 0 Å². The zero-order valence-electron chi connectivity index (χ0n) is 11.9. The molecule has 0 unspecified atom stereocenters. The van der Waals surface area contributed by atoms with Crippen molar-refractivity contribution in [2.75, 3.05) is 13.7 Å². The second kappa shape index (κ2) is 6.36. The molecule has 0 saturated carbocycles. The zero-order chi connectivity index (χ0) is 14.5. The summed E-state index contributed by atoms with van der Waals surface area (Å²) in [6.45, 7) is 5.65. The molecular formula is C15H21NO3. The number of hydrogen-bond acceptors (Lipinski definition) is 3. The van der Waals surface area contributed by atoms with E-state index < -0.39 is 11.4 Å². The van der Waals surface area contributed by atoms with Crippen LogP contribution in [0.1, 0.15) is 25.0 Å². The van der Waals surface area contributed by atoms with Crippen molar-refractivity contribution in [3.8, 4) is 0 Å². The summed E-state index contributed by atoms with van der Waals surface area (Å²) < 4.78 is 4.62. The standard InChI is InChI=1S/C15H21NO3/c1-11-6-5-7-12(10-11)8-9-16-13(17)15(2,3)14(18)19-4/h5-7,10H,8-9H2,1-4H3,(H,16,17). The summed E-state index contributed by atoms with van der Waals surface area (Å²) >= 11 is 0. The fraction of sp³-hybridized carbons (Fsp3) is 0.467. The topological polar surface area (TPSA) is 55.4 Å². The lowest BCUT2D eigenvalue weighted by Crippen LogP contribution is -2.43. The van der Waals surface area contributed by atoms with Gasteiger partial charge in [0, 0.05) is 6.54 Å². The van der Waals surface area contributed by atoms with Crippen LogP contribution in [0.5, 0.6) is 0 Å². The number of aryl methyl sites for hydroxylation is 1. The maximum Gasteiger partial charge on any atom is 0.320 e. The van der Waals surface area contributed by atoms with E-state index in [2.05, 4.69) is 16.1 Å². The summed E-state index contributed by atoms with van der Waals surface area (Å²) in [5.74, 6) is -0.840. The molecule has 0 spiro atoms. The number of hydrogen-bond donors (Lipinski definition) is 1. The Morgan fingerprint density at radius 2 is 2.00 bits per heavy atom. The number of ether oxygens (including phenoxy) is 1. The average Bonchev–Trinajstić information content (AvgIpc) is 2.37. The Bertz CT molecular complexity index is 466. The minimum atomic E-state index is -1.15. The van der Waals surface area contributed by atoms with E-state index >= 15 is 0 Å². The Morgan fingerprint density at radius 3 is 2.58 bits per heavy atom. The lowest BCUT2D eigenvalue weighted by molar-refractivity contribution is -0.156. The first-order valence-electron chi connectivity index (χ1n) is 6.30. The average molecular weight is 263 g/mol. The van der Waals surface area contributed by atoms with Gasteiger partial charge in [-0.05, 0) is 32.8 Å². The van der Waals surface area contributed by atoms with Crippen LogP contribution in [0, 0.1) is 12.3 Å². The second-order valence-electron chi connectivity index (χ2n) is 5.11. The highest BCUT2D eigenvalue weighted by Gasteiger charge is 2.36. The smallest absolute Gasteiger partial charge is 0.320 e. The van der Waals surface area contributed by atoms with E-state index in [1.807, 2.05) is 25.1 Å². The number of amides is 1. The van der Waals surface area contributed by atoms with Gasteiger partial charge in [-0.2, -0.15) is 0 Å². The lowest BCUT2D eigenvalue weighted by Gasteiger charge is -2.20. The van der Waals surface area contributed by atoms with Crippen LogP contribution < -0.4 is 5.32 Å². The van der Waals surface area contributed by atoms with Crippen molar-refractivity contribution in [3.63, 3.8) is 0 Å². The molecule has 4 heteroatoms. The van der Waals surface area contributed by atoms with E-state index in [4.69, 9.17) is 0 Å². The van der Waals surface area contributed by atoms with E-state index in [1.54, 1.807) is 13.8 Å². The maximum atomic E-state index is 11.9. The van der Waals surface area contributed by atoms with Crippen LogP contribution in [0.4, 0.5) is 0 Å². The van der Waals surface area contributed by atoms with Gasteiger partial charge in [-0.25, -0.2) is 0 Å². The molecule has 0 fully saturated rings. The summed E-state index contributed by atoms with van der Waals surface area (Å²) in [6.07, 6.45) is 0.741. The molecule has 0 radical (unpaired) electrons. The molecule has 1 N–H and O–H groups in total. The number of carbonyl (C=O) groups is 2. The predicted molar refractivity (Wildman–Crippen MR) is 73.7 cm³/mol. The van der Waals surface area contributed by atoms with Crippen LogP contribution in [-0.2, 0) is 20.7 Å². The Kier molecular flexibility index (Phi) is 5.10. The third-order valence-electron chi connectivity index (χ3n) is 3.05. The number of benzene rings is 1. The predicted octanol–water partition coefficient (Wildman–Crippen LogP) is 1.85. The van der Waals surface area contributed by atoms with Crippen molar-refractivity contribution in [2.24, 2.45) is 5.41 Å². The van der Waals surface area contributed by atoms with Gasteiger partial charge in [0.05, 0.1) is 7.11 Å². The van der Waals surface area contributed by atoms with Crippen LogP contribution in [0.3, 0.4) is 0 Å². The van der Waals surface area contributed by atoms with Crippen molar-refractivity contribution in [1.82, 2.24) is 5.32 Å². The molecule has 0 bridgehead atoms. The lowest BCUT2D eigenvalue weighted by atomic mass is 9.92. The molecule has 104 valence electrons. The Labute approximate surface area is 114 Å². The van der Waals surface area contributed by atoms with Gasteiger partial charge in [0.1, 0.15) is 5.41 Å². The third kappa shape index (κ3) is 4.09. The van der Waals surface area contributed by atoms with Crippen LogP contribution in [0.2, 0.25) is 0 Å². The summed E-state index contributed by atoms with van der Waals surface area (Å²) in [5, 5.41) is 2.77. The van der Waals surface area contributed by atoms with Crippen molar-refractivity contribution in [2.45, 2.75) is 27.2 Å². The normalized spacial score (nSPS) is 10.9. The minimum absolute atomic E-state index is 0.313. The SMILES string of the molecule is COC(=O)C(C)(C)C(=O)NCCc1cccc(C)c1. The molecule has 1 amide bonds. The fourth-order valence-electron chi connectivity index (χ4n) is 1.76. The molecular weight excluding hydrogens is 242 g/mol. The Morgan fingerprint density at radius 1 is 1.32 bits per heavy atom. The second-order valence-corrected chi connectivity index (χ2v) is 5.11. The molecule has 1 aromatic rings. The number of methoxy groups -OCH3 is 1. The van der Waals surface area contributed by atoms with Gasteiger partial charge in [0.2, 0.25) is 5.91 Å². The summed E-state index contributed by atoms with van der Waals surface area (Å²) in [6, 6.07) is 8.12. The van der Waals surface area contributed by atoms with Crippen LogP contribution >= 0.6 is 0 Å². The van der Waals surface area contributed by atoms with E-state index in [9.17, 15) is 9.59 Å². The van der Waals surface area contributed by atoms with Gasteiger partial charge in [-0.3, -0.25) is 9.59 Å². The maximum absolute atomic E-state index is 11.9. The van der Waals surface area contributed by atoms with Gasteiger partial charge in [0.15, 0.2) is 0 Å². The molecule has 0 heterocycles. The molecule has 0 aliphatic heterocycles. The van der Waals surface area contributed by atoms with Crippen molar-refractivity contribution in [3.05, 3.63) is 35.4 Å². The minimum Gasteiger partial charge on any atom is -0.468 e. The molecule has 0 saturated heterocycles. The molecule has 0 aliphatic rings. The van der Waals surface area contributed by atoms with Crippen molar-refractivity contribution in [1.29, 1.82) is 0 Å². The molecule has 19 heavy (non-hydrogen) atoms. The third-order valence-corrected chi connectivity index (χ3v) is 3.05. The first-order chi connectivity index (χ1) is 8.87. The van der Waals surface area contributed by atoms with E-state index in [-0.39, 0.29) is 5.91 Å². The highest BCUT2D eigenvalue weighted by Crippen LogP contribution is 2.17. The van der Waals surface area contributed by atoms with Crippen LogP contribution in [-0.4, -0.2) is 25.5 Å². The summed E-state index contributed by atoms with van der Waals surface area (Å²) in [4.78, 5) is 23.4. The van der Waals surface area contributed by atoms with Crippen molar-refractivity contribution < 1.29 is 14.3 Å². The zero-order valence-corrected chi connectivity index (χ0v) is 11.9. The van der Waals surface area contributed by atoms with Gasteiger partial charge in [-0.1, -0.05) is 29.8 Å². The number of rotatable bonds is 5. The molecule has 1 aromatic carbocycles. The van der Waals surface area contributed by atoms with Crippen LogP contribution in [0.15, 0.2) is 24.3 Å². The Balaban J connectivity index is 2.49. The molecule has 1 rings (SSSR count). The van der Waals surface area contributed by atoms with Gasteiger partial charge in [-0.15, -0.1) is 0 Å². The molecule has 0 aliphatic carbocycles. The quantitative estimate of drug-likeness (QED) is 0.651. The summed E-state index contributed by atoms with van der Waals surface area (Å²) in [7, 11) is 1.28. The molecule has 4 nitrogen and oxygen atoms in total. The first kappa shape index (κ1) is 15.2. The molecule has 0 atom stereocenters. The Hall–Kier alpha value is -1.84. The van der Waals surface area contributed by atoms with E-state index in [0.717, 1.165) is 12.0 Å². The summed E-state index contributed by atoms with van der Waals surface area (Å²) in [5.41, 5.74) is 1.20. The van der Waals surface area contributed by atoms with E-state index in [1.165, 1.54) is 12.7 Å². The molecule has 0 aromatic heterocycles. The van der Waals surface area contributed by atoms with Gasteiger partial charge < -0.3 is 10.1 Å². The van der Waals surface area contributed by atoms with Crippen molar-refractivity contribution >= 4 is 11.9 Å². The van der Waals surface area contributed by atoms with Crippen LogP contribution in [0.25, 0.3) is 0 Å². The first-order valence-corrected chi connectivity index (χ1v) is 6.30. The highest BCUT2D eigenvalue weighted by molar-refractivity contribution is 6.01. The monoisotopic (exact) mass is 263 g/mol.